The minimum atomic E-state index is -0.853. The molecule has 1 saturated carbocycles. The van der Waals surface area contributed by atoms with Gasteiger partial charge in [0.15, 0.2) is 11.5 Å². The summed E-state index contributed by atoms with van der Waals surface area (Å²) in [7, 11) is 0. The molecule has 3 aromatic rings. The number of ether oxygens (including phenoxy) is 2. The number of imidazole rings is 1. The van der Waals surface area contributed by atoms with Gasteiger partial charge in [-0.15, -0.1) is 11.8 Å². The number of aromatic amines is 1. The Bertz CT molecular complexity index is 1380. The first kappa shape index (κ1) is 25.7. The Kier molecular flexibility index (Phi) is 7.02. The predicted molar refractivity (Wildman–Crippen MR) is 144 cm³/mol. The van der Waals surface area contributed by atoms with E-state index in [1.54, 1.807) is 6.07 Å². The molecule has 1 aliphatic heterocycles. The quantitative estimate of drug-likeness (QED) is 0.404. The Morgan fingerprint density at radius 3 is 2.65 bits per heavy atom. The smallest absolute Gasteiger partial charge is 0.254 e. The highest BCUT2D eigenvalue weighted by atomic mass is 35.5. The molecule has 0 saturated heterocycles. The number of amides is 1. The van der Waals surface area contributed by atoms with Crippen LogP contribution in [0.25, 0.3) is 0 Å². The third-order valence-electron chi connectivity index (χ3n) is 7.55. The molecule has 3 heterocycles. The molecule has 1 atom stereocenters. The molecule has 0 radical (unpaired) electrons. The van der Waals surface area contributed by atoms with Gasteiger partial charge >= 0.3 is 0 Å². The van der Waals surface area contributed by atoms with Crippen LogP contribution in [0.3, 0.4) is 0 Å². The number of benzene rings is 1. The number of nitrogens with zero attached hydrogens (tertiary/aromatic N) is 2. The van der Waals surface area contributed by atoms with Crippen LogP contribution in [0.5, 0.6) is 11.5 Å². The molecule has 1 amide bonds. The van der Waals surface area contributed by atoms with Crippen molar-refractivity contribution in [1.29, 1.82) is 0 Å². The summed E-state index contributed by atoms with van der Waals surface area (Å²) in [5.41, 5.74) is 2.16. The van der Waals surface area contributed by atoms with Crippen LogP contribution in [0.2, 0.25) is 5.02 Å². The molecule has 10 heteroatoms. The topological polar surface area (TPSA) is 98.2 Å². The van der Waals surface area contributed by atoms with E-state index in [0.717, 1.165) is 36.3 Å². The SMILES string of the molecule is CSc1cc(C)[nH]c(=O)c1CNC(=O)c1cc(Cl)c2c(c1C)OC(C)(C1CCC(n3ccnc3)CC1)O2. The monoisotopic (exact) mass is 542 g/mol. The van der Waals surface area contributed by atoms with Crippen LogP contribution in [0.1, 0.15) is 65.8 Å². The number of aryl methyl sites for hydroxylation is 1. The Morgan fingerprint density at radius 1 is 1.24 bits per heavy atom. The molecule has 2 aliphatic rings. The molecular weight excluding hydrogens is 512 g/mol. The van der Waals surface area contributed by atoms with Gasteiger partial charge in [-0.1, -0.05) is 11.6 Å². The second-order valence-electron chi connectivity index (χ2n) is 9.94. The zero-order chi connectivity index (χ0) is 26.3. The number of H-pyrrole nitrogens is 1. The van der Waals surface area contributed by atoms with Crippen molar-refractivity contribution >= 4 is 29.3 Å². The van der Waals surface area contributed by atoms with Crippen LogP contribution in [0.4, 0.5) is 0 Å². The van der Waals surface area contributed by atoms with Crippen LogP contribution >= 0.6 is 23.4 Å². The molecule has 1 unspecified atom stereocenters. The first-order valence-electron chi connectivity index (χ1n) is 12.4. The van der Waals surface area contributed by atoms with Crippen molar-refractivity contribution in [2.75, 3.05) is 6.26 Å². The molecule has 0 spiro atoms. The van der Waals surface area contributed by atoms with Gasteiger partial charge in [0.1, 0.15) is 0 Å². The van der Waals surface area contributed by atoms with Crippen molar-refractivity contribution in [1.82, 2.24) is 19.9 Å². The van der Waals surface area contributed by atoms with Crippen LogP contribution in [0.15, 0.2) is 40.5 Å². The molecule has 1 aliphatic carbocycles. The van der Waals surface area contributed by atoms with Gasteiger partial charge in [-0.25, -0.2) is 4.98 Å². The second-order valence-corrected chi connectivity index (χ2v) is 11.2. The lowest BCUT2D eigenvalue weighted by atomic mass is 9.81. The predicted octanol–water partition coefficient (Wildman–Crippen LogP) is 5.41. The summed E-state index contributed by atoms with van der Waals surface area (Å²) in [6, 6.07) is 3.95. The minimum Gasteiger partial charge on any atom is -0.448 e. The van der Waals surface area contributed by atoms with Gasteiger partial charge in [0.25, 0.3) is 17.3 Å². The highest BCUT2D eigenvalue weighted by molar-refractivity contribution is 7.98. The highest BCUT2D eigenvalue weighted by Crippen LogP contribution is 2.52. The molecule has 2 N–H and O–H groups in total. The number of pyridine rings is 1. The van der Waals surface area contributed by atoms with E-state index in [1.165, 1.54) is 11.8 Å². The Balaban J connectivity index is 1.31. The molecule has 0 bridgehead atoms. The summed E-state index contributed by atoms with van der Waals surface area (Å²) in [5.74, 6) is -0.00357. The zero-order valence-corrected chi connectivity index (χ0v) is 23.0. The van der Waals surface area contributed by atoms with Gasteiger partial charge in [-0.05, 0) is 57.9 Å². The lowest BCUT2D eigenvalue weighted by molar-refractivity contribution is -0.122. The van der Waals surface area contributed by atoms with Crippen molar-refractivity contribution < 1.29 is 14.3 Å². The first-order valence-corrected chi connectivity index (χ1v) is 14.0. The summed E-state index contributed by atoms with van der Waals surface area (Å²) in [4.78, 5) is 33.5. The second kappa shape index (κ2) is 10.1. The molecule has 1 aromatic carbocycles. The largest absolute Gasteiger partial charge is 0.448 e. The van der Waals surface area contributed by atoms with Crippen molar-refractivity contribution in [2.45, 2.75) is 69.7 Å². The number of halogens is 1. The maximum Gasteiger partial charge on any atom is 0.254 e. The van der Waals surface area contributed by atoms with Crippen LogP contribution in [-0.4, -0.2) is 32.5 Å². The third kappa shape index (κ3) is 4.86. The fourth-order valence-corrected chi connectivity index (χ4v) is 6.37. The summed E-state index contributed by atoms with van der Waals surface area (Å²) in [5, 5.41) is 3.21. The maximum absolute atomic E-state index is 13.2. The van der Waals surface area contributed by atoms with E-state index in [1.807, 2.05) is 51.8 Å². The fraction of sp³-hybridized carbons (Fsp3) is 0.444. The molecule has 196 valence electrons. The number of nitrogens with one attached hydrogen (secondary N) is 2. The third-order valence-corrected chi connectivity index (χ3v) is 8.64. The van der Waals surface area contributed by atoms with Gasteiger partial charge in [0.2, 0.25) is 0 Å². The average molecular weight is 543 g/mol. The van der Waals surface area contributed by atoms with E-state index in [-0.39, 0.29) is 23.9 Å². The number of fused-ring (bicyclic) bond motifs is 1. The van der Waals surface area contributed by atoms with E-state index in [9.17, 15) is 9.59 Å². The average Bonchev–Trinajstić information content (AvgIpc) is 3.54. The molecule has 8 nitrogen and oxygen atoms in total. The molecule has 5 rings (SSSR count). The van der Waals surface area contributed by atoms with E-state index in [4.69, 9.17) is 21.1 Å². The molecule has 2 aromatic heterocycles. The normalized spacial score (nSPS) is 22.7. The Labute approximate surface area is 225 Å². The fourth-order valence-electron chi connectivity index (χ4n) is 5.43. The van der Waals surface area contributed by atoms with Crippen LogP contribution in [0, 0.1) is 19.8 Å². The van der Waals surface area contributed by atoms with Gasteiger partial charge in [-0.2, -0.15) is 0 Å². The number of hydrogen-bond acceptors (Lipinski definition) is 6. The summed E-state index contributed by atoms with van der Waals surface area (Å²) < 4.78 is 14.9. The standard InChI is InChI=1S/C27H31ClN4O4S/c1-15-11-22(37-4)20(26(34)31-15)13-30-25(33)19-12-21(28)24-23(16(19)2)35-27(3,36-24)17-5-7-18(8-6-17)32-10-9-29-14-32/h9-12,14,17-18H,5-8,13H2,1-4H3,(H,30,33)(H,31,34). The molecular formula is C27H31ClN4O4S. The number of hydrogen-bond donors (Lipinski definition) is 2. The number of thioether (sulfide) groups is 1. The maximum atomic E-state index is 13.2. The minimum absolute atomic E-state index is 0.105. The van der Waals surface area contributed by atoms with E-state index < -0.39 is 5.79 Å². The Morgan fingerprint density at radius 2 is 1.97 bits per heavy atom. The van der Waals surface area contributed by atoms with E-state index in [2.05, 4.69) is 19.9 Å². The molecule has 1 fully saturated rings. The first-order chi connectivity index (χ1) is 17.7. The molecule has 37 heavy (non-hydrogen) atoms. The van der Waals surface area contributed by atoms with Crippen molar-refractivity contribution in [3.05, 3.63) is 68.6 Å². The van der Waals surface area contributed by atoms with Gasteiger partial charge in [-0.3, -0.25) is 9.59 Å². The number of aromatic nitrogens is 3. The summed E-state index contributed by atoms with van der Waals surface area (Å²) in [6.07, 6.45) is 11.5. The number of rotatable bonds is 6. The summed E-state index contributed by atoms with van der Waals surface area (Å²) >= 11 is 8.07. The van der Waals surface area contributed by atoms with E-state index in [0.29, 0.717) is 39.3 Å². The van der Waals surface area contributed by atoms with E-state index >= 15 is 0 Å². The van der Waals surface area contributed by atoms with Crippen molar-refractivity contribution in [3.63, 3.8) is 0 Å². The lowest BCUT2D eigenvalue weighted by Gasteiger charge is -2.37. The van der Waals surface area contributed by atoms with Crippen LogP contribution < -0.4 is 20.3 Å². The number of carbonyl (C=O) groups is 1. The van der Waals surface area contributed by atoms with Crippen LogP contribution in [-0.2, 0) is 6.54 Å². The zero-order valence-electron chi connectivity index (χ0n) is 21.4. The van der Waals surface area contributed by atoms with Crippen molar-refractivity contribution in [2.24, 2.45) is 5.92 Å². The number of carbonyl (C=O) groups excluding carboxylic acids is 1. The summed E-state index contributed by atoms with van der Waals surface area (Å²) in [6.45, 7) is 5.73. The van der Waals surface area contributed by atoms with Gasteiger partial charge in [0.05, 0.1) is 11.3 Å². The highest BCUT2D eigenvalue weighted by Gasteiger charge is 2.47. The lowest BCUT2D eigenvalue weighted by Crippen LogP contribution is -2.44. The van der Waals surface area contributed by atoms with Gasteiger partial charge in [0, 0.05) is 65.1 Å². The van der Waals surface area contributed by atoms with Gasteiger partial charge < -0.3 is 24.3 Å². The van der Waals surface area contributed by atoms with Crippen molar-refractivity contribution in [3.8, 4) is 11.5 Å². The Hall–Kier alpha value is -2.91.